The molecule has 0 saturated heterocycles. The summed E-state index contributed by atoms with van der Waals surface area (Å²) in [6.07, 6.45) is 0. The number of fused-ring (bicyclic) bond motifs is 1. The first kappa shape index (κ1) is 13.8. The fourth-order valence-electron chi connectivity index (χ4n) is 2.50. The molecule has 21 heavy (non-hydrogen) atoms. The molecule has 0 amide bonds. The Hall–Kier alpha value is -2.13. The van der Waals surface area contributed by atoms with E-state index in [1.807, 2.05) is 12.1 Å². The predicted molar refractivity (Wildman–Crippen MR) is 85.1 cm³/mol. The number of halogens is 1. The summed E-state index contributed by atoms with van der Waals surface area (Å²) < 4.78 is 7.98. The lowest BCUT2D eigenvalue weighted by atomic mass is 10.2. The van der Waals surface area contributed by atoms with E-state index in [0.29, 0.717) is 6.61 Å². The largest absolute Gasteiger partial charge is 0.508 e. The second-order valence-corrected chi connectivity index (χ2v) is 5.24. The van der Waals surface area contributed by atoms with Crippen LogP contribution in [0.15, 0.2) is 48.5 Å². The summed E-state index contributed by atoms with van der Waals surface area (Å²) in [7, 11) is 0. The lowest BCUT2D eigenvalue weighted by Gasteiger charge is -2.10. The zero-order chi connectivity index (χ0) is 14.8. The molecule has 0 radical (unpaired) electrons. The van der Waals surface area contributed by atoms with Gasteiger partial charge in [-0.3, -0.25) is 0 Å². The number of rotatable bonds is 4. The molecule has 3 rings (SSSR count). The summed E-state index contributed by atoms with van der Waals surface area (Å²) in [5.41, 5.74) is 2.20. The van der Waals surface area contributed by atoms with Crippen molar-refractivity contribution in [3.63, 3.8) is 0 Å². The topological polar surface area (TPSA) is 34.4 Å². The van der Waals surface area contributed by atoms with Crippen LogP contribution in [0.3, 0.4) is 0 Å². The first-order valence-corrected chi connectivity index (χ1v) is 7.25. The Labute approximate surface area is 128 Å². The van der Waals surface area contributed by atoms with Gasteiger partial charge in [0.15, 0.2) is 0 Å². The Balaban J connectivity index is 1.89. The third-order valence-electron chi connectivity index (χ3n) is 3.52. The number of aryl methyl sites for hydroxylation is 1. The van der Waals surface area contributed by atoms with E-state index in [-0.39, 0.29) is 5.75 Å². The summed E-state index contributed by atoms with van der Waals surface area (Å²) in [5.74, 6) is 0.962. The zero-order valence-corrected chi connectivity index (χ0v) is 12.5. The summed E-state index contributed by atoms with van der Waals surface area (Å²) in [6, 6.07) is 14.7. The summed E-state index contributed by atoms with van der Waals surface area (Å²) in [4.78, 5) is 0. The van der Waals surface area contributed by atoms with Crippen LogP contribution in [-0.4, -0.2) is 9.67 Å². The van der Waals surface area contributed by atoms with Crippen LogP contribution in [0.25, 0.3) is 10.9 Å². The molecular weight excluding hydrogens is 286 g/mol. The van der Waals surface area contributed by atoms with Gasteiger partial charge in [-0.2, -0.15) is 0 Å². The van der Waals surface area contributed by atoms with Crippen molar-refractivity contribution in [2.24, 2.45) is 0 Å². The predicted octanol–water partition coefficient (Wildman–Crippen LogP) is 4.60. The normalized spacial score (nSPS) is 11.0. The minimum atomic E-state index is 0.233. The fraction of sp³-hybridized carbons (Fsp3) is 0.176. The van der Waals surface area contributed by atoms with Gasteiger partial charge < -0.3 is 14.4 Å². The molecule has 108 valence electrons. The van der Waals surface area contributed by atoms with Crippen molar-refractivity contribution < 1.29 is 9.84 Å². The Morgan fingerprint density at radius 2 is 1.90 bits per heavy atom. The molecule has 1 heterocycles. The molecule has 4 heteroatoms. The molecule has 0 unspecified atom stereocenters. The minimum Gasteiger partial charge on any atom is -0.508 e. The van der Waals surface area contributed by atoms with Crippen LogP contribution in [0.2, 0.25) is 5.02 Å². The van der Waals surface area contributed by atoms with Crippen molar-refractivity contribution in [2.75, 3.05) is 0 Å². The van der Waals surface area contributed by atoms with Crippen LogP contribution >= 0.6 is 11.6 Å². The van der Waals surface area contributed by atoms with Crippen molar-refractivity contribution in [2.45, 2.75) is 20.1 Å². The molecule has 0 saturated carbocycles. The number of hydrogen-bond acceptors (Lipinski definition) is 2. The maximum absolute atomic E-state index is 9.28. The SMILES string of the molecule is CCn1c(COc2ccc(O)cc2)cc2c(Cl)cccc21. The molecule has 0 fully saturated rings. The van der Waals surface area contributed by atoms with Gasteiger partial charge >= 0.3 is 0 Å². The van der Waals surface area contributed by atoms with E-state index in [1.54, 1.807) is 24.3 Å². The molecule has 0 atom stereocenters. The van der Waals surface area contributed by atoms with Crippen molar-refractivity contribution in [1.29, 1.82) is 0 Å². The number of phenols is 1. The van der Waals surface area contributed by atoms with Crippen LogP contribution < -0.4 is 4.74 Å². The molecule has 1 N–H and O–H groups in total. The van der Waals surface area contributed by atoms with E-state index in [4.69, 9.17) is 16.3 Å². The first-order valence-electron chi connectivity index (χ1n) is 6.87. The molecule has 0 aliphatic heterocycles. The quantitative estimate of drug-likeness (QED) is 0.764. The van der Waals surface area contributed by atoms with E-state index in [1.165, 1.54) is 0 Å². The standard InChI is InChI=1S/C17H16ClNO2/c1-2-19-12(10-15-16(18)4-3-5-17(15)19)11-21-14-8-6-13(20)7-9-14/h3-10,20H,2,11H2,1H3. The average molecular weight is 302 g/mol. The van der Waals surface area contributed by atoms with E-state index in [2.05, 4.69) is 23.6 Å². The smallest absolute Gasteiger partial charge is 0.128 e. The average Bonchev–Trinajstić information content (AvgIpc) is 2.86. The van der Waals surface area contributed by atoms with E-state index >= 15 is 0 Å². The fourth-order valence-corrected chi connectivity index (χ4v) is 2.72. The highest BCUT2D eigenvalue weighted by molar-refractivity contribution is 6.35. The lowest BCUT2D eigenvalue weighted by Crippen LogP contribution is -2.04. The Kier molecular flexibility index (Phi) is 3.76. The Morgan fingerprint density at radius 3 is 2.62 bits per heavy atom. The number of ether oxygens (including phenoxy) is 1. The highest BCUT2D eigenvalue weighted by Crippen LogP contribution is 2.28. The molecule has 3 aromatic rings. The summed E-state index contributed by atoms with van der Waals surface area (Å²) >= 11 is 6.25. The van der Waals surface area contributed by atoms with Crippen molar-refractivity contribution >= 4 is 22.5 Å². The van der Waals surface area contributed by atoms with Crippen molar-refractivity contribution in [3.05, 3.63) is 59.2 Å². The van der Waals surface area contributed by atoms with Gasteiger partial charge in [-0.25, -0.2) is 0 Å². The van der Waals surface area contributed by atoms with E-state index in [9.17, 15) is 5.11 Å². The van der Waals surface area contributed by atoms with Crippen LogP contribution in [0.5, 0.6) is 11.5 Å². The van der Waals surface area contributed by atoms with Gasteiger partial charge in [-0.15, -0.1) is 0 Å². The molecule has 0 aliphatic rings. The first-order chi connectivity index (χ1) is 10.2. The molecule has 0 aliphatic carbocycles. The number of aromatic nitrogens is 1. The highest BCUT2D eigenvalue weighted by Gasteiger charge is 2.10. The van der Waals surface area contributed by atoms with Gasteiger partial charge in [-0.05, 0) is 49.4 Å². The van der Waals surface area contributed by atoms with Crippen molar-refractivity contribution in [1.82, 2.24) is 4.57 Å². The van der Waals surface area contributed by atoms with Gasteiger partial charge in [0, 0.05) is 22.5 Å². The van der Waals surface area contributed by atoms with Crippen molar-refractivity contribution in [3.8, 4) is 11.5 Å². The van der Waals surface area contributed by atoms with Crippen LogP contribution in [0.4, 0.5) is 0 Å². The van der Waals surface area contributed by atoms with E-state index < -0.39 is 0 Å². The Bertz CT molecular complexity index is 762. The molecule has 0 spiro atoms. The highest BCUT2D eigenvalue weighted by atomic mass is 35.5. The zero-order valence-electron chi connectivity index (χ0n) is 11.7. The van der Waals surface area contributed by atoms with Gasteiger partial charge in [-0.1, -0.05) is 17.7 Å². The monoisotopic (exact) mass is 301 g/mol. The second-order valence-electron chi connectivity index (χ2n) is 4.84. The number of hydrogen-bond donors (Lipinski definition) is 1. The van der Waals surface area contributed by atoms with Gasteiger partial charge in [0.05, 0.1) is 5.69 Å². The third kappa shape index (κ3) is 2.69. The molecule has 3 nitrogen and oxygen atoms in total. The van der Waals surface area contributed by atoms with Gasteiger partial charge in [0.1, 0.15) is 18.1 Å². The van der Waals surface area contributed by atoms with Crippen LogP contribution in [-0.2, 0) is 13.2 Å². The summed E-state index contributed by atoms with van der Waals surface area (Å²) in [6.45, 7) is 3.42. The molecular formula is C17H16ClNO2. The lowest BCUT2D eigenvalue weighted by molar-refractivity contribution is 0.295. The second kappa shape index (κ2) is 5.70. The number of nitrogens with zero attached hydrogens (tertiary/aromatic N) is 1. The number of aromatic hydroxyl groups is 1. The van der Waals surface area contributed by atoms with Gasteiger partial charge in [0.2, 0.25) is 0 Å². The van der Waals surface area contributed by atoms with Gasteiger partial charge in [0.25, 0.3) is 0 Å². The van der Waals surface area contributed by atoms with Crippen LogP contribution in [0, 0.1) is 0 Å². The molecule has 2 aromatic carbocycles. The maximum Gasteiger partial charge on any atom is 0.128 e. The maximum atomic E-state index is 9.28. The number of phenolic OH excluding ortho intramolecular Hbond substituents is 1. The third-order valence-corrected chi connectivity index (χ3v) is 3.85. The van der Waals surface area contributed by atoms with E-state index in [0.717, 1.165) is 33.9 Å². The Morgan fingerprint density at radius 1 is 1.14 bits per heavy atom. The minimum absolute atomic E-state index is 0.233. The number of benzene rings is 2. The van der Waals surface area contributed by atoms with Crippen LogP contribution in [0.1, 0.15) is 12.6 Å². The molecule has 1 aromatic heterocycles. The molecule has 0 bridgehead atoms. The summed E-state index contributed by atoms with van der Waals surface area (Å²) in [5, 5.41) is 11.1.